The first-order valence-electron chi connectivity index (χ1n) is 46.1. The lowest BCUT2D eigenvalue weighted by Gasteiger charge is -2.22. The summed E-state index contributed by atoms with van der Waals surface area (Å²) in [7, 11) is 0. The average molecular weight is 1990 g/mol. The summed E-state index contributed by atoms with van der Waals surface area (Å²) in [4.78, 5) is 0. The van der Waals surface area contributed by atoms with Gasteiger partial charge in [0.1, 0.15) is 0 Å². The van der Waals surface area contributed by atoms with Crippen LogP contribution in [0.15, 0.2) is 267 Å². The van der Waals surface area contributed by atoms with Crippen LogP contribution in [0.5, 0.6) is 0 Å². The number of rotatable bonds is 8. The van der Waals surface area contributed by atoms with Gasteiger partial charge in [-0.1, -0.05) is 305 Å². The van der Waals surface area contributed by atoms with Gasteiger partial charge < -0.3 is 0 Å². The zero-order valence-electron chi connectivity index (χ0n) is 85.5. The first-order valence-corrected chi connectivity index (χ1v) is 49.2. The molecule has 0 saturated heterocycles. The van der Waals surface area contributed by atoms with Crippen LogP contribution >= 0.6 is 63.7 Å². The normalized spacial score (nSPS) is 10.6. The van der Waals surface area contributed by atoms with Crippen molar-refractivity contribution in [2.75, 3.05) is 0 Å². The minimum Gasteiger partial charge on any atom is -0.0617 e. The van der Waals surface area contributed by atoms with E-state index in [9.17, 15) is 0 Å². The Morgan fingerprint density at radius 2 is 0.420 bits per heavy atom. The van der Waals surface area contributed by atoms with Gasteiger partial charge in [-0.3, -0.25) is 0 Å². The van der Waals surface area contributed by atoms with Gasteiger partial charge in [0, 0.05) is 29.0 Å². The molecule has 0 atom stereocenters. The van der Waals surface area contributed by atoms with E-state index < -0.39 is 0 Å². The summed E-state index contributed by atoms with van der Waals surface area (Å²) in [6.45, 7) is 73.4. The van der Waals surface area contributed by atoms with Gasteiger partial charge in [-0.05, 0) is 500 Å². The number of benzene rings is 15. The highest BCUT2D eigenvalue weighted by Crippen LogP contribution is 2.49. The molecule has 0 fully saturated rings. The van der Waals surface area contributed by atoms with E-state index in [4.69, 9.17) is 0 Å². The SMILES string of the molecule is C/C(=C\c1cc(C)c(C)c(C)c1)c1cc(C)c(C)c(C)c1.Cc1c(C)c(Br)c(-c2c(Br)c(C)c(C)c(C)c2Br)c(Br)c1C.Cc1cc(-c2cc(C)c(C)c(C)c2)cc(C)c1C.Cc1ccc(-c2ccc(C)c(C)c2)cc1C.Cc1ccc(-c2ccc(C)cc2)cc1.Cc1ccc(C)c(C)c1.Cc1ccc(C)cc1.Cc1ccc(Cc2ccc(C)cc2)cc1.Cc1cccc(C)c1. The molecule has 682 valence electrons. The predicted octanol–water partition coefficient (Wildman–Crippen LogP) is 39.2. The molecule has 0 N–H and O–H groups in total. The van der Waals surface area contributed by atoms with E-state index in [1.807, 2.05) is 0 Å². The molecule has 15 aromatic carbocycles. The van der Waals surface area contributed by atoms with Gasteiger partial charge in [-0.2, -0.15) is 0 Å². The fourth-order valence-electron chi connectivity index (χ4n) is 15.1. The van der Waals surface area contributed by atoms with Crippen LogP contribution in [0.1, 0.15) is 213 Å². The van der Waals surface area contributed by atoms with Gasteiger partial charge in [0.05, 0.1) is 0 Å². The predicted molar refractivity (Wildman–Crippen MR) is 596 cm³/mol. The number of hydrogen-bond donors (Lipinski definition) is 0. The van der Waals surface area contributed by atoms with Gasteiger partial charge in [-0.25, -0.2) is 0 Å². The zero-order chi connectivity index (χ0) is 97.3. The Labute approximate surface area is 827 Å². The van der Waals surface area contributed by atoms with E-state index in [-0.39, 0.29) is 0 Å². The second-order valence-electron chi connectivity index (χ2n) is 36.9. The number of halogens is 4. The van der Waals surface area contributed by atoms with Crippen molar-refractivity contribution in [3.05, 3.63) is 472 Å². The summed E-state index contributed by atoms with van der Waals surface area (Å²) in [5.41, 5.74) is 61.4. The van der Waals surface area contributed by atoms with Crippen molar-refractivity contribution in [3.8, 4) is 44.5 Å². The molecule has 4 heteroatoms. The third-order valence-corrected chi connectivity index (χ3v) is 30.0. The van der Waals surface area contributed by atoms with E-state index in [1.54, 1.807) is 0 Å². The summed E-state index contributed by atoms with van der Waals surface area (Å²) in [5, 5.41) is 0. The van der Waals surface area contributed by atoms with Crippen LogP contribution in [-0.2, 0) is 6.42 Å². The Bertz CT molecular complexity index is 5970. The van der Waals surface area contributed by atoms with Crippen molar-refractivity contribution in [1.82, 2.24) is 0 Å². The molecule has 15 rings (SSSR count). The number of hydrogen-bond acceptors (Lipinski definition) is 0. The van der Waals surface area contributed by atoms with Gasteiger partial charge in [0.15, 0.2) is 0 Å². The van der Waals surface area contributed by atoms with Gasteiger partial charge in [0.2, 0.25) is 0 Å². The van der Waals surface area contributed by atoms with Crippen LogP contribution in [0.3, 0.4) is 0 Å². The third-order valence-electron chi connectivity index (χ3n) is 26.1. The molecule has 0 aliphatic rings. The first kappa shape index (κ1) is 108. The summed E-state index contributed by atoms with van der Waals surface area (Å²) in [5.74, 6) is 0. The molecule has 0 aliphatic carbocycles. The molecule has 0 spiro atoms. The second kappa shape index (κ2) is 50.7. The molecule has 0 nitrogen and oxygen atoms in total. The van der Waals surface area contributed by atoms with Gasteiger partial charge >= 0.3 is 0 Å². The molecule has 0 radical (unpaired) electrons. The monoisotopic (exact) mass is 1990 g/mol. The van der Waals surface area contributed by atoms with Gasteiger partial charge in [-0.15, -0.1) is 0 Å². The second-order valence-corrected chi connectivity index (χ2v) is 40.1. The maximum Gasteiger partial charge on any atom is 0.0297 e. The van der Waals surface area contributed by atoms with Crippen LogP contribution in [-0.4, -0.2) is 0 Å². The molecule has 0 amide bonds. The van der Waals surface area contributed by atoms with E-state index >= 15 is 0 Å². The van der Waals surface area contributed by atoms with Crippen LogP contribution in [0.2, 0.25) is 0 Å². The molecule has 0 heterocycles. The number of aryl methyl sites for hydroxylation is 23. The Hall–Kier alpha value is -10.0. The minimum atomic E-state index is 1.03. The van der Waals surface area contributed by atoms with E-state index in [0.29, 0.717) is 0 Å². The molecule has 0 aliphatic heterocycles. The highest BCUT2D eigenvalue weighted by atomic mass is 79.9. The summed E-state index contributed by atoms with van der Waals surface area (Å²) < 4.78 is 4.58. The molecule has 0 aromatic heterocycles. The largest absolute Gasteiger partial charge is 0.0617 e. The molecule has 0 saturated carbocycles. The molecular formula is C127H146Br4. The van der Waals surface area contributed by atoms with Crippen LogP contribution in [0.25, 0.3) is 56.2 Å². The minimum absolute atomic E-state index is 1.03. The van der Waals surface area contributed by atoms with Crippen LogP contribution in [0, 0.1) is 228 Å². The fraction of sp³-hybridized carbons (Fsp3) is 0.276. The zero-order valence-corrected chi connectivity index (χ0v) is 91.8. The quantitative estimate of drug-likeness (QED) is 0.133. The summed E-state index contributed by atoms with van der Waals surface area (Å²) >= 11 is 15.3. The smallest absolute Gasteiger partial charge is 0.0297 e. The van der Waals surface area contributed by atoms with Gasteiger partial charge in [0.25, 0.3) is 0 Å². The van der Waals surface area contributed by atoms with Crippen LogP contribution in [0.4, 0.5) is 0 Å². The molecule has 0 unspecified atom stereocenters. The lowest BCUT2D eigenvalue weighted by Crippen LogP contribution is -1.99. The van der Waals surface area contributed by atoms with Crippen molar-refractivity contribution in [1.29, 1.82) is 0 Å². The van der Waals surface area contributed by atoms with Crippen molar-refractivity contribution in [2.45, 2.75) is 242 Å². The van der Waals surface area contributed by atoms with Crippen molar-refractivity contribution >= 4 is 75.4 Å². The fourth-order valence-corrected chi connectivity index (χ4v) is 18.4. The number of allylic oxidation sites excluding steroid dienone is 1. The standard InChI is InChI=1S/C21H26.C18H18Br4.C18H22.C16H18.C15H16.C14H14.C9H12.2C8H10/c1-13-8-20(9-14(2)18(13)6)10-17(5)21-11-15(3)19(7)16(4)12-21;1-7-9(3)15(19)13(16(20)10(7)4)14-17(21)11(5)8(2)12(6)18(14)22;1-11-7-17(8-12(2)15(11)5)18-9-13(3)16(6)14(4)10-18;1-11-5-7-15(9-13(11)3)16-8-6-12(2)14(4)10-16;1-12-3-7-14(8-4-12)11-15-9-5-13(2)6-10-15;1-11-3-7-13(8-4-11)14-9-5-12(2)6-10-14;1-7-4-5-8(2)9(3)6-7;1-7-3-5-8(2)6-4-7;1-7-4-3-5-8(2)6-7/h8-12H,1-7H3;1-6H3;7-10H,1-6H3;5-10H,1-4H3;3-10H,11H2,1-2H3;3-10H,1-2H3;4-6H,1-3H3;2*3-6H,1-2H3/b17-10+;;;;;;;;. The van der Waals surface area contributed by atoms with Crippen molar-refractivity contribution in [2.24, 2.45) is 0 Å². The van der Waals surface area contributed by atoms with E-state index in [0.717, 1.165) is 24.3 Å². The Morgan fingerprint density at radius 1 is 0.191 bits per heavy atom. The Morgan fingerprint density at radius 3 is 0.687 bits per heavy atom. The molecule has 131 heavy (non-hydrogen) atoms. The average Bonchev–Trinajstić information content (AvgIpc) is 0.748. The lowest BCUT2D eigenvalue weighted by molar-refractivity contribution is 1.18. The first-order chi connectivity index (χ1) is 61.6. The molecule has 15 aromatic rings. The lowest BCUT2D eigenvalue weighted by atomic mass is 9.92. The highest BCUT2D eigenvalue weighted by Gasteiger charge is 2.24. The van der Waals surface area contributed by atoms with E-state index in [2.05, 4.69) is 554 Å². The summed E-state index contributed by atoms with van der Waals surface area (Å²) in [6.07, 6.45) is 3.32. The van der Waals surface area contributed by atoms with Crippen molar-refractivity contribution in [3.63, 3.8) is 0 Å². The summed E-state index contributed by atoms with van der Waals surface area (Å²) in [6, 6.07) is 89.8. The molecule has 0 bridgehead atoms. The third kappa shape index (κ3) is 31.8. The Kier molecular flexibility index (Phi) is 41.8. The maximum absolute atomic E-state index is 3.82. The van der Waals surface area contributed by atoms with Crippen LogP contribution < -0.4 is 0 Å². The maximum atomic E-state index is 3.82. The molecular weight excluding hydrogens is 1850 g/mol. The van der Waals surface area contributed by atoms with E-state index in [1.165, 1.54) is 256 Å². The highest BCUT2D eigenvalue weighted by molar-refractivity contribution is 9.11. The van der Waals surface area contributed by atoms with Crippen molar-refractivity contribution < 1.29 is 0 Å². The Balaban J connectivity index is 0.000000205. The topological polar surface area (TPSA) is 0 Å².